The highest BCUT2D eigenvalue weighted by atomic mass is 79.9. The van der Waals surface area contributed by atoms with Crippen molar-refractivity contribution in [1.82, 2.24) is 0 Å². The number of rotatable bonds is 3. The van der Waals surface area contributed by atoms with Gasteiger partial charge in [0.15, 0.2) is 0 Å². The van der Waals surface area contributed by atoms with Gasteiger partial charge in [-0.25, -0.2) is 8.42 Å². The van der Waals surface area contributed by atoms with Crippen LogP contribution in [-0.4, -0.2) is 8.42 Å². The average molecular weight is 361 g/mol. The molecule has 0 bridgehead atoms. The molecule has 0 aliphatic carbocycles. The molecule has 0 atom stereocenters. The maximum absolute atomic E-state index is 12.2. The summed E-state index contributed by atoms with van der Waals surface area (Å²) in [5.41, 5.74) is 1.56. The van der Waals surface area contributed by atoms with Crippen LogP contribution in [0.25, 0.3) is 0 Å². The Morgan fingerprint density at radius 2 is 1.74 bits per heavy atom. The van der Waals surface area contributed by atoms with Crippen LogP contribution in [0.2, 0.25) is 5.02 Å². The van der Waals surface area contributed by atoms with E-state index in [-0.39, 0.29) is 9.92 Å². The lowest BCUT2D eigenvalue weighted by atomic mass is 10.2. The topological polar surface area (TPSA) is 46.2 Å². The lowest BCUT2D eigenvalue weighted by Gasteiger charge is -2.10. The van der Waals surface area contributed by atoms with Crippen LogP contribution in [0.1, 0.15) is 5.56 Å². The van der Waals surface area contributed by atoms with Crippen molar-refractivity contribution in [1.29, 1.82) is 0 Å². The quantitative estimate of drug-likeness (QED) is 0.891. The molecule has 0 aromatic heterocycles. The predicted octanol–water partition coefficient (Wildman–Crippen LogP) is 4.21. The number of aryl methyl sites for hydroxylation is 1. The summed E-state index contributed by atoms with van der Waals surface area (Å²) in [5, 5.41) is 0.175. The number of sulfonamides is 1. The fourth-order valence-corrected chi connectivity index (χ4v) is 3.62. The van der Waals surface area contributed by atoms with E-state index in [2.05, 4.69) is 20.7 Å². The van der Waals surface area contributed by atoms with Gasteiger partial charge in [0.05, 0.1) is 5.02 Å². The smallest absolute Gasteiger partial charge is 0.263 e. The minimum atomic E-state index is -3.68. The lowest BCUT2D eigenvalue weighted by Crippen LogP contribution is -2.13. The minimum absolute atomic E-state index is 0.0536. The number of hydrogen-bond donors (Lipinski definition) is 1. The Kier molecular flexibility index (Phi) is 4.18. The largest absolute Gasteiger partial charge is 0.280 e. The number of hydrogen-bond acceptors (Lipinski definition) is 2. The summed E-state index contributed by atoms with van der Waals surface area (Å²) in [7, 11) is -3.68. The number of anilines is 1. The molecule has 2 aromatic carbocycles. The van der Waals surface area contributed by atoms with Gasteiger partial charge in [-0.15, -0.1) is 0 Å². The van der Waals surface area contributed by atoms with Gasteiger partial charge in [0, 0.05) is 10.2 Å². The van der Waals surface area contributed by atoms with Crippen molar-refractivity contribution in [3.8, 4) is 0 Å². The van der Waals surface area contributed by atoms with Crippen LogP contribution in [0.3, 0.4) is 0 Å². The molecule has 0 saturated heterocycles. The first-order valence-corrected chi connectivity index (χ1v) is 8.08. The van der Waals surface area contributed by atoms with Gasteiger partial charge in [0.1, 0.15) is 4.90 Å². The molecule has 0 radical (unpaired) electrons. The van der Waals surface area contributed by atoms with Crippen molar-refractivity contribution in [3.63, 3.8) is 0 Å². The summed E-state index contributed by atoms with van der Waals surface area (Å²) < 4.78 is 27.6. The van der Waals surface area contributed by atoms with Crippen LogP contribution in [0.5, 0.6) is 0 Å². The third kappa shape index (κ3) is 3.49. The van der Waals surface area contributed by atoms with E-state index in [1.165, 1.54) is 6.07 Å². The Morgan fingerprint density at radius 1 is 1.11 bits per heavy atom. The van der Waals surface area contributed by atoms with Crippen LogP contribution in [-0.2, 0) is 10.0 Å². The summed E-state index contributed by atoms with van der Waals surface area (Å²) in [6.07, 6.45) is 0. The second kappa shape index (κ2) is 5.53. The highest BCUT2D eigenvalue weighted by molar-refractivity contribution is 9.10. The molecule has 19 heavy (non-hydrogen) atoms. The molecule has 0 saturated carbocycles. The molecule has 2 rings (SSSR count). The fraction of sp³-hybridized carbons (Fsp3) is 0.0769. The van der Waals surface area contributed by atoms with Crippen molar-refractivity contribution in [2.75, 3.05) is 4.72 Å². The van der Waals surface area contributed by atoms with Gasteiger partial charge >= 0.3 is 0 Å². The number of benzene rings is 2. The standard InChI is InChI=1S/C13H11BrClNO2S/c1-9-2-5-11(6-3-9)16-19(17,18)13-7-4-10(14)8-12(13)15/h2-8,16H,1H3. The summed E-state index contributed by atoms with van der Waals surface area (Å²) in [6.45, 7) is 1.93. The first-order chi connectivity index (χ1) is 8.88. The maximum Gasteiger partial charge on any atom is 0.263 e. The molecular formula is C13H11BrClNO2S. The van der Waals surface area contributed by atoms with E-state index < -0.39 is 10.0 Å². The summed E-state index contributed by atoms with van der Waals surface area (Å²) in [4.78, 5) is 0.0536. The Bertz CT molecular complexity index is 699. The van der Waals surface area contributed by atoms with Gasteiger partial charge in [-0.1, -0.05) is 45.2 Å². The Balaban J connectivity index is 2.35. The van der Waals surface area contributed by atoms with Crippen LogP contribution in [0.15, 0.2) is 51.8 Å². The van der Waals surface area contributed by atoms with Crippen molar-refractivity contribution >= 4 is 43.2 Å². The first-order valence-electron chi connectivity index (χ1n) is 5.43. The van der Waals surface area contributed by atoms with Crippen LogP contribution in [0, 0.1) is 6.92 Å². The van der Waals surface area contributed by atoms with E-state index >= 15 is 0 Å². The van der Waals surface area contributed by atoms with Crippen LogP contribution >= 0.6 is 27.5 Å². The molecule has 1 N–H and O–H groups in total. The van der Waals surface area contributed by atoms with Crippen molar-refractivity contribution < 1.29 is 8.42 Å². The van der Waals surface area contributed by atoms with E-state index in [4.69, 9.17) is 11.6 Å². The Hall–Kier alpha value is -1.04. The van der Waals surface area contributed by atoms with E-state index in [0.29, 0.717) is 5.69 Å². The molecule has 6 heteroatoms. The zero-order valence-corrected chi connectivity index (χ0v) is 13.2. The highest BCUT2D eigenvalue weighted by Gasteiger charge is 2.17. The van der Waals surface area contributed by atoms with Crippen molar-refractivity contribution in [2.24, 2.45) is 0 Å². The van der Waals surface area contributed by atoms with Crippen molar-refractivity contribution in [2.45, 2.75) is 11.8 Å². The molecule has 0 heterocycles. The van der Waals surface area contributed by atoms with Gasteiger partial charge in [-0.05, 0) is 37.3 Å². The molecule has 0 aliphatic heterocycles. The molecule has 0 spiro atoms. The molecule has 0 aliphatic rings. The lowest BCUT2D eigenvalue weighted by molar-refractivity contribution is 0.601. The molecule has 100 valence electrons. The normalized spacial score (nSPS) is 11.3. The summed E-state index contributed by atoms with van der Waals surface area (Å²) >= 11 is 9.19. The molecular weight excluding hydrogens is 350 g/mol. The number of halogens is 2. The molecule has 0 fully saturated rings. The molecule has 3 nitrogen and oxygen atoms in total. The summed E-state index contributed by atoms with van der Waals surface area (Å²) in [6, 6.07) is 11.7. The van der Waals surface area contributed by atoms with E-state index in [1.807, 2.05) is 19.1 Å². The monoisotopic (exact) mass is 359 g/mol. The Labute approximate surface area is 125 Å². The molecule has 2 aromatic rings. The average Bonchev–Trinajstić information content (AvgIpc) is 2.31. The predicted molar refractivity (Wildman–Crippen MR) is 81.1 cm³/mol. The number of nitrogens with one attached hydrogen (secondary N) is 1. The zero-order chi connectivity index (χ0) is 14.0. The second-order valence-corrected chi connectivity index (χ2v) is 7.02. The second-order valence-electron chi connectivity index (χ2n) is 4.05. The van der Waals surface area contributed by atoms with E-state index in [1.54, 1.807) is 24.3 Å². The van der Waals surface area contributed by atoms with Crippen molar-refractivity contribution in [3.05, 3.63) is 57.5 Å². The molecule has 0 amide bonds. The fourth-order valence-electron chi connectivity index (χ4n) is 1.52. The van der Waals surface area contributed by atoms with Gasteiger partial charge in [0.25, 0.3) is 10.0 Å². The van der Waals surface area contributed by atoms with Gasteiger partial charge < -0.3 is 0 Å². The zero-order valence-electron chi connectivity index (χ0n) is 10.0. The van der Waals surface area contributed by atoms with E-state index in [0.717, 1.165) is 10.0 Å². The minimum Gasteiger partial charge on any atom is -0.280 e. The summed E-state index contributed by atoms with van der Waals surface area (Å²) in [5.74, 6) is 0. The SMILES string of the molecule is Cc1ccc(NS(=O)(=O)c2ccc(Br)cc2Cl)cc1. The van der Waals surface area contributed by atoms with Crippen LogP contribution < -0.4 is 4.72 Å². The highest BCUT2D eigenvalue weighted by Crippen LogP contribution is 2.26. The third-order valence-corrected chi connectivity index (χ3v) is 4.84. The third-order valence-electron chi connectivity index (χ3n) is 2.49. The first kappa shape index (κ1) is 14.4. The van der Waals surface area contributed by atoms with Crippen LogP contribution in [0.4, 0.5) is 5.69 Å². The van der Waals surface area contributed by atoms with Gasteiger partial charge in [-0.2, -0.15) is 0 Å². The van der Waals surface area contributed by atoms with Gasteiger partial charge in [0.2, 0.25) is 0 Å². The maximum atomic E-state index is 12.2. The molecule has 0 unspecified atom stereocenters. The Morgan fingerprint density at radius 3 is 2.32 bits per heavy atom. The van der Waals surface area contributed by atoms with Gasteiger partial charge in [-0.3, -0.25) is 4.72 Å². The van der Waals surface area contributed by atoms with E-state index in [9.17, 15) is 8.42 Å².